The Labute approximate surface area is 190 Å². The van der Waals surface area contributed by atoms with Gasteiger partial charge < -0.3 is 14.4 Å². The number of aromatic nitrogens is 4. The summed E-state index contributed by atoms with van der Waals surface area (Å²) in [6.45, 7) is 2.78. The zero-order valence-electron chi connectivity index (χ0n) is 17.7. The number of para-hydroxylation sites is 1. The van der Waals surface area contributed by atoms with E-state index in [2.05, 4.69) is 15.5 Å². The molecule has 0 bridgehead atoms. The van der Waals surface area contributed by atoms with Gasteiger partial charge in [0.1, 0.15) is 0 Å². The molecule has 0 aliphatic carbocycles. The molecular formula is C23H25N5O3S. The monoisotopic (exact) mass is 451 g/mol. The zero-order chi connectivity index (χ0) is 21.8. The first-order valence-electron chi connectivity index (χ1n) is 10.9. The van der Waals surface area contributed by atoms with Crippen molar-refractivity contribution in [2.75, 3.05) is 26.3 Å². The van der Waals surface area contributed by atoms with Gasteiger partial charge in [0.2, 0.25) is 0 Å². The summed E-state index contributed by atoms with van der Waals surface area (Å²) in [5, 5.41) is 12.1. The maximum Gasteiger partial charge on any atom is 0.254 e. The fourth-order valence-electron chi connectivity index (χ4n) is 4.17. The molecule has 9 heteroatoms. The Morgan fingerprint density at radius 3 is 2.50 bits per heavy atom. The summed E-state index contributed by atoms with van der Waals surface area (Å²) in [4.78, 5) is 16.2. The third-order valence-corrected chi connectivity index (χ3v) is 6.94. The van der Waals surface area contributed by atoms with E-state index in [0.717, 1.165) is 47.9 Å². The van der Waals surface area contributed by atoms with Crippen LogP contribution >= 0.6 is 11.8 Å². The summed E-state index contributed by atoms with van der Waals surface area (Å²) < 4.78 is 13.0. The lowest BCUT2D eigenvalue weighted by molar-refractivity contribution is -0.0956. The highest BCUT2D eigenvalue weighted by atomic mass is 32.2. The minimum atomic E-state index is -0.106. The molecule has 0 saturated carbocycles. The number of thioether (sulfide) groups is 1. The van der Waals surface area contributed by atoms with Gasteiger partial charge in [-0.25, -0.2) is 0 Å². The van der Waals surface area contributed by atoms with Crippen LogP contribution < -0.4 is 0 Å². The van der Waals surface area contributed by atoms with Crippen molar-refractivity contribution in [2.24, 2.45) is 5.92 Å². The number of tetrazole rings is 1. The molecule has 2 aliphatic rings. The number of amides is 1. The van der Waals surface area contributed by atoms with Crippen molar-refractivity contribution in [3.05, 3.63) is 66.0 Å². The fraction of sp³-hybridized carbons (Fsp3) is 0.391. The first kappa shape index (κ1) is 21.1. The fourth-order valence-corrected chi connectivity index (χ4v) is 5.12. The van der Waals surface area contributed by atoms with Crippen molar-refractivity contribution in [3.8, 4) is 5.69 Å². The van der Waals surface area contributed by atoms with Crippen LogP contribution in [-0.4, -0.2) is 63.6 Å². The minimum Gasteiger partial charge on any atom is -0.350 e. The highest BCUT2D eigenvalue weighted by Crippen LogP contribution is 2.30. The Hall–Kier alpha value is -2.75. The van der Waals surface area contributed by atoms with Gasteiger partial charge in [-0.1, -0.05) is 30.3 Å². The number of rotatable bonds is 6. The summed E-state index contributed by atoms with van der Waals surface area (Å²) in [6.07, 6.45) is 1.69. The maximum absolute atomic E-state index is 13.3. The molecule has 5 rings (SSSR count). The number of carbonyl (C=O) groups excluding carboxylic acids is 1. The van der Waals surface area contributed by atoms with E-state index in [1.165, 1.54) is 0 Å². The number of nitrogens with zero attached hydrogens (tertiary/aromatic N) is 5. The Morgan fingerprint density at radius 2 is 1.72 bits per heavy atom. The topological polar surface area (TPSA) is 82.4 Å². The van der Waals surface area contributed by atoms with Gasteiger partial charge in [-0.2, -0.15) is 4.68 Å². The van der Waals surface area contributed by atoms with Gasteiger partial charge in [0.15, 0.2) is 12.1 Å². The standard InChI is InChI=1S/C23H25N5O3S/c29-22(27-12-10-17(11-13-27)23-30-14-15-31-23)19-8-4-5-9-20(19)32-16-21-24-25-26-28(21)18-6-2-1-3-7-18/h1-9,17,23H,10-16H2. The van der Waals surface area contributed by atoms with E-state index < -0.39 is 0 Å². The summed E-state index contributed by atoms with van der Waals surface area (Å²) in [5.41, 5.74) is 1.64. The Bertz CT molecular complexity index is 1050. The highest BCUT2D eigenvalue weighted by molar-refractivity contribution is 7.98. The molecule has 2 saturated heterocycles. The lowest BCUT2D eigenvalue weighted by Gasteiger charge is -2.34. The molecule has 0 unspecified atom stereocenters. The molecule has 2 aromatic carbocycles. The third kappa shape index (κ3) is 4.55. The lowest BCUT2D eigenvalue weighted by atomic mass is 9.95. The molecule has 1 aromatic heterocycles. The summed E-state index contributed by atoms with van der Waals surface area (Å²) in [7, 11) is 0. The SMILES string of the molecule is O=C(c1ccccc1SCc1nnnn1-c1ccccc1)N1CCC(C2OCCO2)CC1. The smallest absolute Gasteiger partial charge is 0.254 e. The van der Waals surface area contributed by atoms with Crippen LogP contribution in [0.25, 0.3) is 5.69 Å². The average Bonchev–Trinajstić information content (AvgIpc) is 3.56. The predicted octanol–water partition coefficient (Wildman–Crippen LogP) is 3.18. The molecule has 0 radical (unpaired) electrons. The quantitative estimate of drug-likeness (QED) is 0.532. The van der Waals surface area contributed by atoms with Crippen molar-refractivity contribution in [1.82, 2.24) is 25.1 Å². The van der Waals surface area contributed by atoms with Gasteiger partial charge in [0.25, 0.3) is 5.91 Å². The van der Waals surface area contributed by atoms with Crippen LogP contribution in [0.2, 0.25) is 0 Å². The number of carbonyl (C=O) groups is 1. The second kappa shape index (κ2) is 9.81. The van der Waals surface area contributed by atoms with Gasteiger partial charge in [0, 0.05) is 23.9 Å². The van der Waals surface area contributed by atoms with Crippen LogP contribution in [0.5, 0.6) is 0 Å². The van der Waals surface area contributed by atoms with E-state index >= 15 is 0 Å². The Kier molecular flexibility index (Phi) is 6.47. The average molecular weight is 452 g/mol. The van der Waals surface area contributed by atoms with Gasteiger partial charge in [-0.3, -0.25) is 4.79 Å². The third-order valence-electron chi connectivity index (χ3n) is 5.87. The number of ether oxygens (including phenoxy) is 2. The number of benzene rings is 2. The molecule has 166 valence electrons. The lowest BCUT2D eigenvalue weighted by Crippen LogP contribution is -2.41. The molecule has 3 heterocycles. The van der Waals surface area contributed by atoms with Gasteiger partial charge >= 0.3 is 0 Å². The molecule has 8 nitrogen and oxygen atoms in total. The summed E-state index contributed by atoms with van der Waals surface area (Å²) >= 11 is 1.58. The first-order chi connectivity index (χ1) is 15.8. The molecule has 0 spiro atoms. The molecular weight excluding hydrogens is 426 g/mol. The highest BCUT2D eigenvalue weighted by Gasteiger charge is 2.32. The van der Waals surface area contributed by atoms with Gasteiger partial charge in [-0.05, 0) is 47.5 Å². The first-order valence-corrected chi connectivity index (χ1v) is 11.8. The number of hydrogen-bond donors (Lipinski definition) is 0. The van der Waals surface area contributed by atoms with Crippen molar-refractivity contribution in [3.63, 3.8) is 0 Å². The van der Waals surface area contributed by atoms with Crippen LogP contribution in [0.3, 0.4) is 0 Å². The Balaban J connectivity index is 1.25. The van der Waals surface area contributed by atoms with Crippen molar-refractivity contribution >= 4 is 17.7 Å². The molecule has 2 aliphatic heterocycles. The summed E-state index contributed by atoms with van der Waals surface area (Å²) in [5.74, 6) is 1.73. The van der Waals surface area contributed by atoms with Crippen LogP contribution in [-0.2, 0) is 15.2 Å². The zero-order valence-corrected chi connectivity index (χ0v) is 18.5. The minimum absolute atomic E-state index is 0.0717. The predicted molar refractivity (Wildman–Crippen MR) is 119 cm³/mol. The van der Waals surface area contributed by atoms with E-state index in [1.807, 2.05) is 59.5 Å². The number of piperidine rings is 1. The molecule has 32 heavy (non-hydrogen) atoms. The van der Waals surface area contributed by atoms with Crippen molar-refractivity contribution < 1.29 is 14.3 Å². The maximum atomic E-state index is 13.3. The number of likely N-dealkylation sites (tertiary alicyclic amines) is 1. The molecule has 2 fully saturated rings. The van der Waals surface area contributed by atoms with Crippen LogP contribution in [0, 0.1) is 5.92 Å². The largest absolute Gasteiger partial charge is 0.350 e. The van der Waals surface area contributed by atoms with Crippen molar-refractivity contribution in [2.45, 2.75) is 29.8 Å². The normalized spacial score (nSPS) is 17.7. The van der Waals surface area contributed by atoms with E-state index in [0.29, 0.717) is 24.9 Å². The Morgan fingerprint density at radius 1 is 1.00 bits per heavy atom. The molecule has 0 atom stereocenters. The molecule has 0 N–H and O–H groups in total. The van der Waals surface area contributed by atoms with Crippen molar-refractivity contribution in [1.29, 1.82) is 0 Å². The van der Waals surface area contributed by atoms with Crippen LogP contribution in [0.1, 0.15) is 29.0 Å². The second-order valence-electron chi connectivity index (χ2n) is 7.87. The van der Waals surface area contributed by atoms with E-state index in [9.17, 15) is 4.79 Å². The molecule has 1 amide bonds. The molecule has 3 aromatic rings. The number of hydrogen-bond acceptors (Lipinski definition) is 7. The van der Waals surface area contributed by atoms with E-state index in [1.54, 1.807) is 16.4 Å². The van der Waals surface area contributed by atoms with E-state index in [-0.39, 0.29) is 12.2 Å². The second-order valence-corrected chi connectivity index (χ2v) is 8.88. The van der Waals surface area contributed by atoms with E-state index in [4.69, 9.17) is 9.47 Å². The van der Waals surface area contributed by atoms with Crippen LogP contribution in [0.4, 0.5) is 0 Å². The van der Waals surface area contributed by atoms with Gasteiger partial charge in [-0.15, -0.1) is 16.9 Å². The van der Waals surface area contributed by atoms with Crippen LogP contribution in [0.15, 0.2) is 59.5 Å². The van der Waals surface area contributed by atoms with Gasteiger partial charge in [0.05, 0.1) is 30.2 Å². The summed E-state index contributed by atoms with van der Waals surface area (Å²) in [6, 6.07) is 17.6.